The Morgan fingerprint density at radius 3 is 2.52 bits per heavy atom. The molecule has 1 N–H and O–H groups in total. The molecule has 6 heteroatoms. The number of halogens is 1. The minimum Gasteiger partial charge on any atom is -0.395 e. The van der Waals surface area contributed by atoms with Crippen LogP contribution in [0, 0.1) is 5.82 Å². The highest BCUT2D eigenvalue weighted by molar-refractivity contribution is 7.17. The predicted octanol–water partition coefficient (Wildman–Crippen LogP) is 4.50. The lowest BCUT2D eigenvalue weighted by Gasteiger charge is -2.24. The van der Waals surface area contributed by atoms with Gasteiger partial charge in [-0.3, -0.25) is 0 Å². The summed E-state index contributed by atoms with van der Waals surface area (Å²) in [5.41, 5.74) is 3.03. The summed E-state index contributed by atoms with van der Waals surface area (Å²) in [6, 6.07) is 16.5. The number of benzene rings is 2. The molecule has 0 aliphatic heterocycles. The van der Waals surface area contributed by atoms with Crippen LogP contribution in [0.2, 0.25) is 0 Å². The Labute approximate surface area is 160 Å². The van der Waals surface area contributed by atoms with E-state index in [0.29, 0.717) is 13.1 Å². The molecule has 4 rings (SSSR count). The first-order valence-corrected chi connectivity index (χ1v) is 9.52. The first-order valence-electron chi connectivity index (χ1n) is 8.64. The van der Waals surface area contributed by atoms with E-state index >= 15 is 0 Å². The van der Waals surface area contributed by atoms with Crippen LogP contribution < -0.4 is 4.90 Å². The second-order valence-corrected chi connectivity index (χ2v) is 7.02. The van der Waals surface area contributed by atoms with E-state index in [4.69, 9.17) is 0 Å². The molecule has 0 unspecified atom stereocenters. The molecule has 27 heavy (non-hydrogen) atoms. The minimum atomic E-state index is -0.263. The highest BCUT2D eigenvalue weighted by atomic mass is 32.1. The van der Waals surface area contributed by atoms with Crippen molar-refractivity contribution in [2.75, 3.05) is 18.1 Å². The summed E-state index contributed by atoms with van der Waals surface area (Å²) in [6.07, 6.45) is 1.55. The Kier molecular flexibility index (Phi) is 5.09. The number of aliphatic hydroxyl groups is 1. The topological polar surface area (TPSA) is 49.2 Å². The van der Waals surface area contributed by atoms with E-state index in [-0.39, 0.29) is 12.4 Å². The number of thiophene rings is 1. The van der Waals surface area contributed by atoms with E-state index in [1.165, 1.54) is 23.5 Å². The van der Waals surface area contributed by atoms with E-state index in [2.05, 4.69) is 27.0 Å². The van der Waals surface area contributed by atoms with Crippen molar-refractivity contribution >= 4 is 27.4 Å². The fourth-order valence-corrected chi connectivity index (χ4v) is 4.04. The zero-order valence-electron chi connectivity index (χ0n) is 14.5. The minimum absolute atomic E-state index is 0.0222. The maximum Gasteiger partial charge on any atom is 0.141 e. The molecule has 0 saturated heterocycles. The molecule has 0 radical (unpaired) electrons. The molecule has 4 aromatic rings. The smallest absolute Gasteiger partial charge is 0.141 e. The molecule has 136 valence electrons. The standard InChI is InChI=1S/C21H18FN3OS/c22-17-8-6-16(7-9-17)18-13-27-21-19(18)20(23-14-24-21)25(10-11-26)12-15-4-2-1-3-5-15/h1-9,13-14,26H,10-12H2. The van der Waals surface area contributed by atoms with E-state index in [9.17, 15) is 9.50 Å². The summed E-state index contributed by atoms with van der Waals surface area (Å²) in [4.78, 5) is 11.9. The first kappa shape index (κ1) is 17.6. The average Bonchev–Trinajstić information content (AvgIpc) is 3.13. The van der Waals surface area contributed by atoms with Gasteiger partial charge in [0.05, 0.1) is 12.0 Å². The number of aromatic nitrogens is 2. The van der Waals surface area contributed by atoms with Gasteiger partial charge < -0.3 is 10.0 Å². The summed E-state index contributed by atoms with van der Waals surface area (Å²) in [5, 5.41) is 12.5. The molecule has 2 aromatic heterocycles. The molecular formula is C21H18FN3OS. The normalized spacial score (nSPS) is 11.0. The molecule has 0 aliphatic rings. The van der Waals surface area contributed by atoms with Gasteiger partial charge in [-0.25, -0.2) is 14.4 Å². The van der Waals surface area contributed by atoms with Crippen molar-refractivity contribution in [1.82, 2.24) is 9.97 Å². The number of hydrogen-bond acceptors (Lipinski definition) is 5. The Hall–Kier alpha value is -2.83. The van der Waals surface area contributed by atoms with Crippen molar-refractivity contribution in [2.24, 2.45) is 0 Å². The van der Waals surface area contributed by atoms with Gasteiger partial charge in [0.1, 0.15) is 22.8 Å². The predicted molar refractivity (Wildman–Crippen MR) is 107 cm³/mol. The maximum absolute atomic E-state index is 13.3. The molecule has 0 saturated carbocycles. The third-order valence-corrected chi connectivity index (χ3v) is 5.28. The van der Waals surface area contributed by atoms with Crippen LogP contribution in [0.4, 0.5) is 10.2 Å². The highest BCUT2D eigenvalue weighted by Crippen LogP contribution is 2.38. The van der Waals surface area contributed by atoms with Crippen molar-refractivity contribution in [3.05, 3.63) is 77.7 Å². The molecule has 0 atom stereocenters. The summed E-state index contributed by atoms with van der Waals surface area (Å²) in [5.74, 6) is 0.513. The van der Waals surface area contributed by atoms with Crippen molar-refractivity contribution in [3.8, 4) is 11.1 Å². The lowest BCUT2D eigenvalue weighted by molar-refractivity contribution is 0.301. The fourth-order valence-electron chi connectivity index (χ4n) is 3.13. The van der Waals surface area contributed by atoms with Crippen LogP contribution in [-0.4, -0.2) is 28.2 Å². The van der Waals surface area contributed by atoms with Gasteiger partial charge >= 0.3 is 0 Å². The number of fused-ring (bicyclic) bond motifs is 1. The van der Waals surface area contributed by atoms with Crippen LogP contribution in [0.3, 0.4) is 0 Å². The second kappa shape index (κ2) is 7.82. The van der Waals surface area contributed by atoms with E-state index in [1.807, 2.05) is 23.6 Å². The number of anilines is 1. The average molecular weight is 379 g/mol. The summed E-state index contributed by atoms with van der Waals surface area (Å²) < 4.78 is 13.3. The lowest BCUT2D eigenvalue weighted by atomic mass is 10.1. The monoisotopic (exact) mass is 379 g/mol. The van der Waals surface area contributed by atoms with Crippen LogP contribution in [0.25, 0.3) is 21.3 Å². The van der Waals surface area contributed by atoms with Crippen molar-refractivity contribution in [2.45, 2.75) is 6.54 Å². The number of hydrogen-bond donors (Lipinski definition) is 1. The second-order valence-electron chi connectivity index (χ2n) is 6.16. The Morgan fingerprint density at radius 1 is 1.00 bits per heavy atom. The van der Waals surface area contributed by atoms with Crippen molar-refractivity contribution < 1.29 is 9.50 Å². The molecule has 4 nitrogen and oxygen atoms in total. The van der Waals surface area contributed by atoms with Crippen LogP contribution >= 0.6 is 11.3 Å². The van der Waals surface area contributed by atoms with Crippen molar-refractivity contribution in [1.29, 1.82) is 0 Å². The molecule has 2 heterocycles. The maximum atomic E-state index is 13.3. The highest BCUT2D eigenvalue weighted by Gasteiger charge is 2.18. The molecular weight excluding hydrogens is 361 g/mol. The van der Waals surface area contributed by atoms with Gasteiger partial charge in [-0.15, -0.1) is 11.3 Å². The Bertz CT molecular complexity index is 1030. The number of rotatable bonds is 6. The summed E-state index contributed by atoms with van der Waals surface area (Å²) >= 11 is 1.53. The van der Waals surface area contributed by atoms with Gasteiger partial charge in [-0.2, -0.15) is 0 Å². The molecule has 0 aliphatic carbocycles. The number of nitrogens with zero attached hydrogens (tertiary/aromatic N) is 3. The first-order chi connectivity index (χ1) is 13.3. The number of aliphatic hydroxyl groups excluding tert-OH is 1. The van der Waals surface area contributed by atoms with E-state index in [0.717, 1.165) is 32.7 Å². The SMILES string of the molecule is OCCN(Cc1ccccc1)c1ncnc2scc(-c3ccc(F)cc3)c12. The Balaban J connectivity index is 1.81. The molecule has 0 bridgehead atoms. The quantitative estimate of drug-likeness (QED) is 0.536. The van der Waals surface area contributed by atoms with Crippen LogP contribution in [0.1, 0.15) is 5.56 Å². The van der Waals surface area contributed by atoms with Gasteiger partial charge in [0, 0.05) is 24.0 Å². The largest absolute Gasteiger partial charge is 0.395 e. The van der Waals surface area contributed by atoms with Gasteiger partial charge in [-0.05, 0) is 23.3 Å². The summed E-state index contributed by atoms with van der Waals surface area (Å²) in [6.45, 7) is 1.11. The molecule has 0 amide bonds. The third kappa shape index (κ3) is 3.67. The zero-order valence-corrected chi connectivity index (χ0v) is 15.4. The fraction of sp³-hybridized carbons (Fsp3) is 0.143. The van der Waals surface area contributed by atoms with Gasteiger partial charge in [0.25, 0.3) is 0 Å². The lowest BCUT2D eigenvalue weighted by Crippen LogP contribution is -2.27. The van der Waals surface area contributed by atoms with Crippen LogP contribution in [0.15, 0.2) is 66.3 Å². The molecule has 2 aromatic carbocycles. The van der Waals surface area contributed by atoms with Gasteiger partial charge in [0.2, 0.25) is 0 Å². The van der Waals surface area contributed by atoms with Gasteiger partial charge in [-0.1, -0.05) is 42.5 Å². The third-order valence-electron chi connectivity index (χ3n) is 4.39. The van der Waals surface area contributed by atoms with E-state index in [1.54, 1.807) is 18.5 Å². The van der Waals surface area contributed by atoms with Gasteiger partial charge in [0.15, 0.2) is 0 Å². The Morgan fingerprint density at radius 2 is 1.78 bits per heavy atom. The summed E-state index contributed by atoms with van der Waals surface area (Å²) in [7, 11) is 0. The van der Waals surface area contributed by atoms with E-state index < -0.39 is 0 Å². The van der Waals surface area contributed by atoms with Crippen molar-refractivity contribution in [3.63, 3.8) is 0 Å². The molecule has 0 fully saturated rings. The van der Waals surface area contributed by atoms with Crippen LogP contribution in [0.5, 0.6) is 0 Å². The molecule has 0 spiro atoms. The zero-order chi connectivity index (χ0) is 18.6. The van der Waals surface area contributed by atoms with Crippen LogP contribution in [-0.2, 0) is 6.54 Å².